The van der Waals surface area contributed by atoms with Crippen LogP contribution in [0.5, 0.6) is 5.75 Å². The lowest BCUT2D eigenvalue weighted by molar-refractivity contribution is 0.0594. The number of nitrogens with zero attached hydrogens (tertiary/aromatic N) is 1. The van der Waals surface area contributed by atoms with E-state index in [1.54, 1.807) is 13.0 Å². The Hall–Kier alpha value is -2.56. The van der Waals surface area contributed by atoms with E-state index in [9.17, 15) is 9.59 Å². The second kappa shape index (κ2) is 7.13. The van der Waals surface area contributed by atoms with Gasteiger partial charge in [0.25, 0.3) is 5.91 Å². The second-order valence-electron chi connectivity index (χ2n) is 6.63. The van der Waals surface area contributed by atoms with E-state index >= 15 is 0 Å². The maximum Gasteiger partial charge on any atom is 0.339 e. The van der Waals surface area contributed by atoms with Crippen molar-refractivity contribution in [3.63, 3.8) is 0 Å². The van der Waals surface area contributed by atoms with Gasteiger partial charge in [-0.25, -0.2) is 4.79 Å². The van der Waals surface area contributed by atoms with E-state index in [-0.39, 0.29) is 12.0 Å². The van der Waals surface area contributed by atoms with Gasteiger partial charge in [0, 0.05) is 37.6 Å². The highest BCUT2D eigenvalue weighted by Gasteiger charge is 2.25. The Labute approximate surface area is 147 Å². The minimum Gasteiger partial charge on any atom is -0.490 e. The molecule has 25 heavy (non-hydrogen) atoms. The number of carbonyl (C=O) groups excluding carboxylic acids is 1. The Morgan fingerprint density at radius 1 is 1.08 bits per heavy atom. The molecular formula is C20H23NO4. The van der Waals surface area contributed by atoms with Crippen molar-refractivity contribution in [3.05, 3.63) is 63.2 Å². The number of piperidine rings is 1. The zero-order valence-electron chi connectivity index (χ0n) is 14.9. The fourth-order valence-electron chi connectivity index (χ4n) is 3.07. The van der Waals surface area contributed by atoms with Crippen molar-refractivity contribution >= 4 is 5.91 Å². The van der Waals surface area contributed by atoms with Gasteiger partial charge >= 0.3 is 5.63 Å². The minimum absolute atomic E-state index is 0.00463. The first-order valence-corrected chi connectivity index (χ1v) is 8.57. The molecule has 1 amide bonds. The van der Waals surface area contributed by atoms with Crippen LogP contribution in [0.2, 0.25) is 0 Å². The van der Waals surface area contributed by atoms with E-state index in [2.05, 4.69) is 0 Å². The summed E-state index contributed by atoms with van der Waals surface area (Å²) >= 11 is 0. The summed E-state index contributed by atoms with van der Waals surface area (Å²) in [6, 6.07) is 8.90. The van der Waals surface area contributed by atoms with Crippen molar-refractivity contribution in [2.24, 2.45) is 0 Å². The maximum absolute atomic E-state index is 12.6. The highest BCUT2D eigenvalue weighted by atomic mass is 16.5. The van der Waals surface area contributed by atoms with E-state index in [1.807, 2.05) is 36.9 Å². The number of rotatable bonds is 3. The lowest BCUT2D eigenvalue weighted by Crippen LogP contribution is -2.41. The van der Waals surface area contributed by atoms with Gasteiger partial charge in [-0.3, -0.25) is 4.79 Å². The van der Waals surface area contributed by atoms with Gasteiger partial charge in [-0.2, -0.15) is 0 Å². The Bertz CT molecular complexity index is 832. The molecule has 0 spiro atoms. The molecule has 0 bridgehead atoms. The van der Waals surface area contributed by atoms with Crippen LogP contribution in [0, 0.1) is 20.8 Å². The summed E-state index contributed by atoms with van der Waals surface area (Å²) in [7, 11) is 0. The third kappa shape index (κ3) is 4.10. The first kappa shape index (κ1) is 17.3. The van der Waals surface area contributed by atoms with Crippen molar-refractivity contribution < 1.29 is 13.9 Å². The third-order valence-electron chi connectivity index (χ3n) is 4.65. The van der Waals surface area contributed by atoms with E-state index in [4.69, 9.17) is 9.15 Å². The first-order valence-electron chi connectivity index (χ1n) is 8.57. The van der Waals surface area contributed by atoms with Gasteiger partial charge in [0.05, 0.1) is 6.07 Å². The van der Waals surface area contributed by atoms with E-state index in [0.29, 0.717) is 24.6 Å². The summed E-state index contributed by atoms with van der Waals surface area (Å²) in [6.07, 6.45) is 1.50. The van der Waals surface area contributed by atoms with Crippen LogP contribution in [0.25, 0.3) is 0 Å². The molecule has 0 atom stereocenters. The molecule has 0 unspecified atom stereocenters. The van der Waals surface area contributed by atoms with Crippen molar-refractivity contribution in [3.8, 4) is 5.75 Å². The molecule has 1 saturated heterocycles. The molecule has 0 radical (unpaired) electrons. The zero-order valence-corrected chi connectivity index (χ0v) is 14.9. The molecule has 1 aromatic carbocycles. The van der Waals surface area contributed by atoms with Crippen LogP contribution in [0.15, 0.2) is 39.5 Å². The number of benzene rings is 1. The number of likely N-dealkylation sites (tertiary alicyclic amines) is 1. The number of carbonyl (C=O) groups is 1. The van der Waals surface area contributed by atoms with Crippen LogP contribution in [-0.4, -0.2) is 30.0 Å². The number of hydrogen-bond acceptors (Lipinski definition) is 4. The lowest BCUT2D eigenvalue weighted by atomic mass is 10.0. The first-order chi connectivity index (χ1) is 11.9. The van der Waals surface area contributed by atoms with Crippen molar-refractivity contribution in [1.82, 2.24) is 4.90 Å². The molecule has 1 fully saturated rings. The molecule has 2 aromatic rings. The molecule has 0 saturated carbocycles. The maximum atomic E-state index is 12.6. The van der Waals surface area contributed by atoms with Crippen LogP contribution < -0.4 is 10.4 Å². The Balaban J connectivity index is 1.60. The predicted octanol–water partition coefficient (Wildman–Crippen LogP) is 3.25. The summed E-state index contributed by atoms with van der Waals surface area (Å²) in [6.45, 7) is 7.08. The van der Waals surface area contributed by atoms with Gasteiger partial charge in [0.1, 0.15) is 17.6 Å². The number of ether oxygens (including phenoxy) is 1. The predicted molar refractivity (Wildman–Crippen MR) is 95.2 cm³/mol. The molecule has 2 heterocycles. The Morgan fingerprint density at radius 2 is 1.80 bits per heavy atom. The van der Waals surface area contributed by atoms with Crippen molar-refractivity contribution in [2.45, 2.75) is 39.7 Å². The summed E-state index contributed by atoms with van der Waals surface area (Å²) in [5, 5.41) is 0. The monoisotopic (exact) mass is 341 g/mol. The molecule has 0 N–H and O–H groups in total. The standard InChI is InChI=1S/C20H23NO4/c1-13-4-5-16(10-14(13)2)20(23)21-8-6-17(7-9-21)25-18-11-15(3)24-19(22)12-18/h4-5,10-12,17H,6-9H2,1-3H3. The molecular weight excluding hydrogens is 318 g/mol. The summed E-state index contributed by atoms with van der Waals surface area (Å²) in [4.78, 5) is 25.9. The van der Waals surface area contributed by atoms with Gasteiger partial charge in [0.15, 0.2) is 0 Å². The average Bonchev–Trinajstić information content (AvgIpc) is 2.56. The molecule has 3 rings (SSSR count). The Kier molecular flexibility index (Phi) is 4.93. The minimum atomic E-state index is -0.405. The SMILES string of the molecule is Cc1cc(OC2CCN(C(=O)c3ccc(C)c(C)c3)CC2)cc(=O)o1. The van der Waals surface area contributed by atoms with Crippen LogP contribution >= 0.6 is 0 Å². The van der Waals surface area contributed by atoms with Crippen molar-refractivity contribution in [1.29, 1.82) is 0 Å². The van der Waals surface area contributed by atoms with Gasteiger partial charge in [-0.05, 0) is 44.0 Å². The molecule has 1 aliphatic heterocycles. The average molecular weight is 341 g/mol. The van der Waals surface area contributed by atoms with Gasteiger partial charge in [-0.15, -0.1) is 0 Å². The van der Waals surface area contributed by atoms with E-state index < -0.39 is 5.63 Å². The lowest BCUT2D eigenvalue weighted by Gasteiger charge is -2.32. The largest absolute Gasteiger partial charge is 0.490 e. The molecule has 132 valence electrons. The fourth-order valence-corrected chi connectivity index (χ4v) is 3.07. The molecule has 1 aliphatic rings. The zero-order chi connectivity index (χ0) is 18.0. The summed E-state index contributed by atoms with van der Waals surface area (Å²) in [5.41, 5.74) is 2.64. The molecule has 5 heteroatoms. The normalized spacial score (nSPS) is 15.2. The van der Waals surface area contributed by atoms with Gasteiger partial charge in [-0.1, -0.05) is 6.07 Å². The summed E-state index contributed by atoms with van der Waals surface area (Å²) < 4.78 is 10.8. The highest BCUT2D eigenvalue weighted by Crippen LogP contribution is 2.20. The molecule has 0 aliphatic carbocycles. The van der Waals surface area contributed by atoms with Crippen molar-refractivity contribution in [2.75, 3.05) is 13.1 Å². The highest BCUT2D eigenvalue weighted by molar-refractivity contribution is 5.94. The third-order valence-corrected chi connectivity index (χ3v) is 4.65. The molecule has 5 nitrogen and oxygen atoms in total. The second-order valence-corrected chi connectivity index (χ2v) is 6.63. The summed E-state index contributed by atoms with van der Waals surface area (Å²) in [5.74, 6) is 1.13. The number of aryl methyl sites for hydroxylation is 3. The van der Waals surface area contributed by atoms with Gasteiger partial charge < -0.3 is 14.1 Å². The fraction of sp³-hybridized carbons (Fsp3) is 0.400. The van der Waals surface area contributed by atoms with Crippen LogP contribution in [0.4, 0.5) is 0 Å². The van der Waals surface area contributed by atoms with Crippen LogP contribution in [0.1, 0.15) is 40.1 Å². The Morgan fingerprint density at radius 3 is 2.44 bits per heavy atom. The van der Waals surface area contributed by atoms with Crippen LogP contribution in [-0.2, 0) is 0 Å². The van der Waals surface area contributed by atoms with E-state index in [1.165, 1.54) is 11.6 Å². The topological polar surface area (TPSA) is 59.8 Å². The van der Waals surface area contributed by atoms with E-state index in [0.717, 1.165) is 24.0 Å². The van der Waals surface area contributed by atoms with Gasteiger partial charge in [0.2, 0.25) is 0 Å². The quantitative estimate of drug-likeness (QED) is 0.860. The van der Waals surface area contributed by atoms with Crippen LogP contribution in [0.3, 0.4) is 0 Å². The smallest absolute Gasteiger partial charge is 0.339 e. The molecule has 1 aromatic heterocycles. The number of hydrogen-bond donors (Lipinski definition) is 0. The number of amides is 1.